The van der Waals surface area contributed by atoms with E-state index >= 15 is 0 Å². The van der Waals surface area contributed by atoms with Crippen molar-refractivity contribution in [2.45, 2.75) is 0 Å². The summed E-state index contributed by atoms with van der Waals surface area (Å²) < 4.78 is 15.7. The minimum atomic E-state index is 0.846. The quantitative estimate of drug-likeness (QED) is 0.156. The van der Waals surface area contributed by atoms with E-state index in [0.717, 1.165) is 88.9 Å². The average molecular weight is 843 g/mol. The molecule has 0 radical (unpaired) electrons. The van der Waals surface area contributed by atoms with Crippen LogP contribution < -0.4 is 4.90 Å². The highest BCUT2D eigenvalue weighted by Crippen LogP contribution is 2.49. The highest BCUT2D eigenvalue weighted by atomic mass is 16.3. The summed E-state index contributed by atoms with van der Waals surface area (Å²) in [6.07, 6.45) is 0. The lowest BCUT2D eigenvalue weighted by Gasteiger charge is -2.29. The van der Waals surface area contributed by atoms with Gasteiger partial charge in [0.15, 0.2) is 0 Å². The molecule has 4 nitrogen and oxygen atoms in total. The Hall–Kier alpha value is -8.86. The average Bonchev–Trinajstić information content (AvgIpc) is 4.07. The number of para-hydroxylation sites is 4. The van der Waals surface area contributed by atoms with Crippen LogP contribution in [-0.2, 0) is 0 Å². The van der Waals surface area contributed by atoms with Crippen molar-refractivity contribution in [2.24, 2.45) is 0 Å². The van der Waals surface area contributed by atoms with Gasteiger partial charge in [0.2, 0.25) is 0 Å². The maximum Gasteiger partial charge on any atom is 0.145 e. The van der Waals surface area contributed by atoms with Crippen LogP contribution in [0.3, 0.4) is 0 Å². The Labute approximate surface area is 379 Å². The summed E-state index contributed by atoms with van der Waals surface area (Å²) in [5.74, 6) is 0. The first-order valence-corrected chi connectivity index (χ1v) is 22.5. The predicted molar refractivity (Wildman–Crippen MR) is 276 cm³/mol. The molecular weight excluding hydrogens is 805 g/mol. The highest BCUT2D eigenvalue weighted by molar-refractivity contribution is 6.20. The monoisotopic (exact) mass is 842 g/mol. The summed E-state index contributed by atoms with van der Waals surface area (Å²) in [6, 6.07) is 82.7. The van der Waals surface area contributed by atoms with Crippen LogP contribution in [0.25, 0.3) is 115 Å². The van der Waals surface area contributed by atoms with Crippen molar-refractivity contribution in [3.8, 4) is 27.9 Å². The Morgan fingerprint density at radius 2 is 0.924 bits per heavy atom. The lowest BCUT2D eigenvalue weighted by molar-refractivity contribution is 0.669. The molecule has 11 aromatic carbocycles. The molecule has 0 bridgehead atoms. The SMILES string of the molecule is c1cc(-c2ccc(N(c3ccc(-c4cccc5oc6ccccc6c45)cc3)c3cc4ccccc4c4ccccc34)c3c2oc2ccccc23)cc(-n2c3ccccc3c3ccccc32)c1. The number of hydrogen-bond acceptors (Lipinski definition) is 3. The summed E-state index contributed by atoms with van der Waals surface area (Å²) in [5, 5.41) is 11.6. The van der Waals surface area contributed by atoms with Crippen molar-refractivity contribution in [3.05, 3.63) is 231 Å². The molecule has 0 aliphatic heterocycles. The van der Waals surface area contributed by atoms with Crippen LogP contribution in [-0.4, -0.2) is 4.57 Å². The zero-order valence-electron chi connectivity index (χ0n) is 35.7. The van der Waals surface area contributed by atoms with Gasteiger partial charge in [0, 0.05) is 49.3 Å². The lowest BCUT2D eigenvalue weighted by atomic mass is 9.96. The van der Waals surface area contributed by atoms with E-state index in [0.29, 0.717) is 0 Å². The summed E-state index contributed by atoms with van der Waals surface area (Å²) in [4.78, 5) is 2.44. The van der Waals surface area contributed by atoms with Gasteiger partial charge in [0.25, 0.3) is 0 Å². The number of anilines is 3. The number of nitrogens with zero attached hydrogens (tertiary/aromatic N) is 2. The molecule has 0 unspecified atom stereocenters. The van der Waals surface area contributed by atoms with Crippen LogP contribution in [0, 0.1) is 0 Å². The topological polar surface area (TPSA) is 34.5 Å². The van der Waals surface area contributed by atoms with Crippen LogP contribution in [0.15, 0.2) is 239 Å². The maximum absolute atomic E-state index is 7.03. The van der Waals surface area contributed by atoms with Gasteiger partial charge in [-0.3, -0.25) is 0 Å². The fourth-order valence-corrected chi connectivity index (χ4v) is 10.7. The van der Waals surface area contributed by atoms with Crippen molar-refractivity contribution in [2.75, 3.05) is 4.90 Å². The molecular formula is C62H38N2O2. The molecule has 0 fully saturated rings. The van der Waals surface area contributed by atoms with Gasteiger partial charge in [-0.25, -0.2) is 0 Å². The molecule has 0 spiro atoms. The largest absolute Gasteiger partial charge is 0.456 e. The van der Waals surface area contributed by atoms with Crippen molar-refractivity contribution < 1.29 is 8.83 Å². The summed E-state index contributed by atoms with van der Waals surface area (Å²) >= 11 is 0. The number of aromatic nitrogens is 1. The molecule has 3 aromatic heterocycles. The van der Waals surface area contributed by atoms with E-state index in [-0.39, 0.29) is 0 Å². The Bertz CT molecular complexity index is 4190. The molecule has 0 amide bonds. The predicted octanol–water partition coefficient (Wildman–Crippen LogP) is 17.7. The Kier molecular flexibility index (Phi) is 7.95. The van der Waals surface area contributed by atoms with Crippen molar-refractivity contribution in [3.63, 3.8) is 0 Å². The molecule has 0 saturated carbocycles. The third-order valence-electron chi connectivity index (χ3n) is 13.6. The molecule has 0 aliphatic rings. The highest BCUT2D eigenvalue weighted by Gasteiger charge is 2.25. The second-order valence-corrected chi connectivity index (χ2v) is 17.2. The van der Waals surface area contributed by atoms with E-state index in [4.69, 9.17) is 8.83 Å². The van der Waals surface area contributed by atoms with Gasteiger partial charge in [0.1, 0.15) is 22.3 Å². The van der Waals surface area contributed by atoms with Gasteiger partial charge in [-0.15, -0.1) is 0 Å². The second kappa shape index (κ2) is 14.3. The third-order valence-corrected chi connectivity index (χ3v) is 13.6. The maximum atomic E-state index is 7.03. The molecule has 66 heavy (non-hydrogen) atoms. The van der Waals surface area contributed by atoms with Gasteiger partial charge in [-0.05, 0) is 106 Å². The first-order chi connectivity index (χ1) is 32.7. The van der Waals surface area contributed by atoms with E-state index in [2.05, 4.69) is 228 Å². The van der Waals surface area contributed by atoms with Gasteiger partial charge < -0.3 is 18.3 Å². The smallest absolute Gasteiger partial charge is 0.145 e. The fraction of sp³-hybridized carbons (Fsp3) is 0. The molecule has 4 heteroatoms. The standard InChI is InChI=1S/C62H38N2O2/c1-2-18-44-41(15-1)38-56(48-20-4-3-19-47(44)48)63(42-33-31-39(32-34-42)45-25-14-30-59-60(45)51-23-7-11-28-57(51)65-59)55-36-35-46(62-61(55)52-24-8-12-29-58(52)66-62)40-16-13-17-43(37-40)64-53-26-9-5-21-49(53)50-22-6-10-27-54(50)64/h1-38H. The van der Waals surface area contributed by atoms with Crippen LogP contribution in [0.5, 0.6) is 0 Å². The van der Waals surface area contributed by atoms with Crippen molar-refractivity contribution in [1.29, 1.82) is 0 Å². The van der Waals surface area contributed by atoms with Gasteiger partial charge in [-0.2, -0.15) is 0 Å². The zero-order valence-corrected chi connectivity index (χ0v) is 35.7. The number of rotatable bonds is 6. The third kappa shape index (κ3) is 5.45. The fourth-order valence-electron chi connectivity index (χ4n) is 10.7. The van der Waals surface area contributed by atoms with E-state index in [1.807, 2.05) is 12.1 Å². The zero-order chi connectivity index (χ0) is 43.3. The Balaban J connectivity index is 1.01. The molecule has 0 atom stereocenters. The molecule has 14 aromatic rings. The number of benzene rings is 11. The summed E-state index contributed by atoms with van der Waals surface area (Å²) in [5.41, 5.74) is 14.5. The number of hydrogen-bond donors (Lipinski definition) is 0. The van der Waals surface area contributed by atoms with Crippen LogP contribution in [0.1, 0.15) is 0 Å². The lowest BCUT2D eigenvalue weighted by Crippen LogP contribution is -2.11. The molecule has 0 saturated heterocycles. The van der Waals surface area contributed by atoms with Gasteiger partial charge in [-0.1, -0.05) is 158 Å². The minimum absolute atomic E-state index is 0.846. The van der Waals surface area contributed by atoms with E-state index < -0.39 is 0 Å². The summed E-state index contributed by atoms with van der Waals surface area (Å²) in [7, 11) is 0. The first-order valence-electron chi connectivity index (χ1n) is 22.5. The van der Waals surface area contributed by atoms with E-state index in [1.54, 1.807) is 0 Å². The van der Waals surface area contributed by atoms with E-state index in [1.165, 1.54) is 43.4 Å². The summed E-state index contributed by atoms with van der Waals surface area (Å²) in [6.45, 7) is 0. The number of furan rings is 2. The van der Waals surface area contributed by atoms with Gasteiger partial charge >= 0.3 is 0 Å². The number of fused-ring (bicyclic) bond motifs is 12. The second-order valence-electron chi connectivity index (χ2n) is 17.2. The minimum Gasteiger partial charge on any atom is -0.456 e. The van der Waals surface area contributed by atoms with Crippen molar-refractivity contribution in [1.82, 2.24) is 4.57 Å². The van der Waals surface area contributed by atoms with Crippen LogP contribution in [0.2, 0.25) is 0 Å². The molecule has 14 rings (SSSR count). The van der Waals surface area contributed by atoms with Crippen molar-refractivity contribution >= 4 is 104 Å². The molecule has 308 valence electrons. The Morgan fingerprint density at radius 3 is 1.68 bits per heavy atom. The molecule has 0 N–H and O–H groups in total. The van der Waals surface area contributed by atoms with E-state index in [9.17, 15) is 0 Å². The molecule has 0 aliphatic carbocycles. The molecule has 3 heterocycles. The van der Waals surface area contributed by atoms with Crippen LogP contribution >= 0.6 is 0 Å². The van der Waals surface area contributed by atoms with Crippen LogP contribution in [0.4, 0.5) is 17.1 Å². The first kappa shape index (κ1) is 36.6. The normalized spacial score (nSPS) is 11.9. The Morgan fingerprint density at radius 1 is 0.333 bits per heavy atom. The van der Waals surface area contributed by atoms with Gasteiger partial charge in [0.05, 0.1) is 27.8 Å².